The zero-order valence-corrected chi connectivity index (χ0v) is 13.0. The van der Waals surface area contributed by atoms with Crippen LogP contribution in [-0.2, 0) is 0 Å². The first-order valence-corrected chi connectivity index (χ1v) is 7.69. The van der Waals surface area contributed by atoms with Gasteiger partial charge in [-0.15, -0.1) is 11.3 Å². The minimum Gasteiger partial charge on any atom is -0.277 e. The van der Waals surface area contributed by atoms with Gasteiger partial charge in [-0.3, -0.25) is 9.89 Å². The second-order valence-electron chi connectivity index (χ2n) is 4.85. The summed E-state index contributed by atoms with van der Waals surface area (Å²) in [4.78, 5) is 13.0. The second-order valence-corrected chi connectivity index (χ2v) is 5.97. The predicted molar refractivity (Wildman–Crippen MR) is 88.1 cm³/mol. The molecule has 116 valence electrons. The molecule has 1 aromatic carbocycles. The van der Waals surface area contributed by atoms with Gasteiger partial charge < -0.3 is 0 Å². The summed E-state index contributed by atoms with van der Waals surface area (Å²) in [5.74, 6) is -0.570. The van der Waals surface area contributed by atoms with Crippen LogP contribution in [0.4, 0.5) is 4.39 Å². The highest BCUT2D eigenvalue weighted by atomic mass is 32.1. The fraction of sp³-hybridized carbons (Fsp3) is 0.0625. The number of aromatic nitrogens is 2. The molecule has 0 bridgehead atoms. The standard InChI is InChI=1S/C16H13FN4OS/c1-10-6-12(9-23-10)16(22)21-19-8-13-7-18-20-15(13)11-2-4-14(17)5-3-11/h2-9H,1H3,(H,18,20)(H,21,22). The van der Waals surface area contributed by atoms with Crippen LogP contribution in [0.25, 0.3) is 11.3 Å². The second kappa shape index (κ2) is 6.53. The number of nitrogens with one attached hydrogen (secondary N) is 2. The monoisotopic (exact) mass is 328 g/mol. The van der Waals surface area contributed by atoms with E-state index in [1.165, 1.54) is 29.7 Å². The average molecular weight is 328 g/mol. The number of aryl methyl sites for hydroxylation is 1. The van der Waals surface area contributed by atoms with Gasteiger partial charge in [-0.2, -0.15) is 10.2 Å². The molecule has 0 aliphatic carbocycles. The molecule has 0 atom stereocenters. The Morgan fingerprint density at radius 1 is 1.39 bits per heavy atom. The number of halogens is 1. The van der Waals surface area contributed by atoms with Crippen LogP contribution < -0.4 is 5.43 Å². The lowest BCUT2D eigenvalue weighted by Crippen LogP contribution is -2.16. The fourth-order valence-corrected chi connectivity index (χ4v) is 2.71. The molecule has 0 fully saturated rings. The highest BCUT2D eigenvalue weighted by Gasteiger charge is 2.08. The summed E-state index contributed by atoms with van der Waals surface area (Å²) in [5.41, 5.74) is 5.23. The van der Waals surface area contributed by atoms with Crippen molar-refractivity contribution >= 4 is 23.5 Å². The van der Waals surface area contributed by atoms with E-state index in [1.807, 2.05) is 6.92 Å². The first kappa shape index (κ1) is 15.1. The summed E-state index contributed by atoms with van der Waals surface area (Å²) < 4.78 is 13.0. The molecular weight excluding hydrogens is 315 g/mol. The summed E-state index contributed by atoms with van der Waals surface area (Å²) in [7, 11) is 0. The van der Waals surface area contributed by atoms with Gasteiger partial charge in [0.25, 0.3) is 5.91 Å². The lowest BCUT2D eigenvalue weighted by molar-refractivity contribution is 0.0955. The topological polar surface area (TPSA) is 70.1 Å². The predicted octanol–water partition coefficient (Wildman–Crippen LogP) is 3.35. The molecule has 0 radical (unpaired) electrons. The molecule has 0 saturated carbocycles. The van der Waals surface area contributed by atoms with E-state index in [2.05, 4.69) is 20.7 Å². The molecule has 0 saturated heterocycles. The van der Waals surface area contributed by atoms with E-state index in [-0.39, 0.29) is 11.7 Å². The van der Waals surface area contributed by atoms with Crippen molar-refractivity contribution in [2.75, 3.05) is 0 Å². The molecule has 2 N–H and O–H groups in total. The summed E-state index contributed by atoms with van der Waals surface area (Å²) in [6.07, 6.45) is 3.09. The third-order valence-electron chi connectivity index (χ3n) is 3.16. The third-order valence-corrected chi connectivity index (χ3v) is 4.03. The first-order chi connectivity index (χ1) is 11.1. The van der Waals surface area contributed by atoms with E-state index in [1.54, 1.807) is 29.8 Å². The molecule has 0 aliphatic heterocycles. The highest BCUT2D eigenvalue weighted by molar-refractivity contribution is 7.10. The number of H-pyrrole nitrogens is 1. The molecule has 0 spiro atoms. The number of rotatable bonds is 4. The maximum Gasteiger partial charge on any atom is 0.272 e. The van der Waals surface area contributed by atoms with E-state index in [0.29, 0.717) is 16.8 Å². The van der Waals surface area contributed by atoms with Crippen molar-refractivity contribution in [2.45, 2.75) is 6.92 Å². The normalized spacial score (nSPS) is 11.0. The lowest BCUT2D eigenvalue weighted by Gasteiger charge is -2.00. The Balaban J connectivity index is 1.72. The van der Waals surface area contributed by atoms with Gasteiger partial charge in [0.15, 0.2) is 0 Å². The number of thiophene rings is 1. The first-order valence-electron chi connectivity index (χ1n) is 6.81. The fourth-order valence-electron chi connectivity index (χ4n) is 2.03. The van der Waals surface area contributed by atoms with Crippen LogP contribution in [0.1, 0.15) is 20.8 Å². The minimum absolute atomic E-state index is 0.266. The van der Waals surface area contributed by atoms with Gasteiger partial charge in [-0.1, -0.05) is 0 Å². The number of carbonyl (C=O) groups excluding carboxylic acids is 1. The van der Waals surface area contributed by atoms with Gasteiger partial charge >= 0.3 is 0 Å². The molecule has 3 aromatic rings. The van der Waals surface area contributed by atoms with Crippen LogP contribution in [0.3, 0.4) is 0 Å². The highest BCUT2D eigenvalue weighted by Crippen LogP contribution is 2.20. The number of carbonyl (C=O) groups is 1. The van der Waals surface area contributed by atoms with Gasteiger partial charge in [-0.25, -0.2) is 9.82 Å². The van der Waals surface area contributed by atoms with Gasteiger partial charge in [0, 0.05) is 21.4 Å². The number of nitrogens with zero attached hydrogens (tertiary/aromatic N) is 2. The average Bonchev–Trinajstić information content (AvgIpc) is 3.17. The van der Waals surface area contributed by atoms with Crippen LogP contribution in [0.5, 0.6) is 0 Å². The molecule has 2 aromatic heterocycles. The van der Waals surface area contributed by atoms with Crippen molar-refractivity contribution in [1.29, 1.82) is 0 Å². The van der Waals surface area contributed by atoms with Crippen LogP contribution >= 0.6 is 11.3 Å². The molecule has 0 unspecified atom stereocenters. The minimum atomic E-state index is -0.304. The van der Waals surface area contributed by atoms with Crippen molar-refractivity contribution in [3.8, 4) is 11.3 Å². The Hall–Kier alpha value is -2.80. The SMILES string of the molecule is Cc1cc(C(=O)NN=Cc2cn[nH]c2-c2ccc(F)cc2)cs1. The summed E-state index contributed by atoms with van der Waals surface area (Å²) in [5, 5.41) is 12.5. The van der Waals surface area contributed by atoms with Crippen LogP contribution in [0.15, 0.2) is 47.0 Å². The molecule has 2 heterocycles. The van der Waals surface area contributed by atoms with Crippen LogP contribution in [0, 0.1) is 12.7 Å². The lowest BCUT2D eigenvalue weighted by atomic mass is 10.1. The van der Waals surface area contributed by atoms with Gasteiger partial charge in [0.05, 0.1) is 23.7 Å². The van der Waals surface area contributed by atoms with Gasteiger partial charge in [-0.05, 0) is 37.3 Å². The number of benzene rings is 1. The molecule has 3 rings (SSSR count). The Kier molecular flexibility index (Phi) is 4.29. The Labute approximate surface area is 135 Å². The summed E-state index contributed by atoms with van der Waals surface area (Å²) >= 11 is 1.51. The van der Waals surface area contributed by atoms with Gasteiger partial charge in [0.2, 0.25) is 0 Å². The molecule has 23 heavy (non-hydrogen) atoms. The number of aromatic amines is 1. The van der Waals surface area contributed by atoms with E-state index in [9.17, 15) is 9.18 Å². The van der Waals surface area contributed by atoms with Gasteiger partial charge in [0.1, 0.15) is 5.82 Å². The van der Waals surface area contributed by atoms with E-state index >= 15 is 0 Å². The van der Waals surface area contributed by atoms with Crippen molar-refractivity contribution in [1.82, 2.24) is 15.6 Å². The van der Waals surface area contributed by atoms with Crippen molar-refractivity contribution in [3.05, 3.63) is 63.7 Å². The zero-order chi connectivity index (χ0) is 16.2. The molecule has 5 nitrogen and oxygen atoms in total. The molecule has 0 aliphatic rings. The van der Waals surface area contributed by atoms with E-state index < -0.39 is 0 Å². The number of hydrogen-bond donors (Lipinski definition) is 2. The molecular formula is C16H13FN4OS. The number of hydrogen-bond acceptors (Lipinski definition) is 4. The van der Waals surface area contributed by atoms with Crippen LogP contribution in [0.2, 0.25) is 0 Å². The summed E-state index contributed by atoms with van der Waals surface area (Å²) in [6, 6.07) is 7.84. The number of hydrazone groups is 1. The van der Waals surface area contributed by atoms with Crippen molar-refractivity contribution < 1.29 is 9.18 Å². The Morgan fingerprint density at radius 2 is 2.17 bits per heavy atom. The number of amides is 1. The Bertz CT molecular complexity index is 851. The van der Waals surface area contributed by atoms with Crippen molar-refractivity contribution in [3.63, 3.8) is 0 Å². The third kappa shape index (κ3) is 3.51. The molecule has 7 heteroatoms. The smallest absolute Gasteiger partial charge is 0.272 e. The van der Waals surface area contributed by atoms with Crippen LogP contribution in [-0.4, -0.2) is 22.3 Å². The maximum absolute atomic E-state index is 13.0. The Morgan fingerprint density at radius 3 is 2.87 bits per heavy atom. The maximum atomic E-state index is 13.0. The van der Waals surface area contributed by atoms with Crippen molar-refractivity contribution in [2.24, 2.45) is 5.10 Å². The van der Waals surface area contributed by atoms with E-state index in [4.69, 9.17) is 0 Å². The molecule has 1 amide bonds. The quantitative estimate of drug-likeness (QED) is 0.569. The summed E-state index contributed by atoms with van der Waals surface area (Å²) in [6.45, 7) is 1.94. The van der Waals surface area contributed by atoms with E-state index in [0.717, 1.165) is 10.4 Å². The zero-order valence-electron chi connectivity index (χ0n) is 12.2. The largest absolute Gasteiger partial charge is 0.277 e.